The molecule has 1 aromatic heterocycles. The summed E-state index contributed by atoms with van der Waals surface area (Å²) in [6, 6.07) is 5.85. The number of aromatic nitrogens is 2. The third-order valence-corrected chi connectivity index (χ3v) is 5.40. The van der Waals surface area contributed by atoms with Crippen molar-refractivity contribution in [3.8, 4) is 11.8 Å². The van der Waals surface area contributed by atoms with E-state index >= 15 is 0 Å². The average molecular weight is 355 g/mol. The molecular formula is C14H17N3O6S. The van der Waals surface area contributed by atoms with Gasteiger partial charge in [0.25, 0.3) is 0 Å². The molecule has 0 spiro atoms. The Balaban J connectivity index is 1.86. The molecule has 1 aromatic carbocycles. The van der Waals surface area contributed by atoms with Gasteiger partial charge in [0, 0.05) is 13.1 Å². The first-order valence-corrected chi connectivity index (χ1v) is 8.87. The van der Waals surface area contributed by atoms with Crippen molar-refractivity contribution in [3.63, 3.8) is 0 Å². The van der Waals surface area contributed by atoms with Crippen LogP contribution in [0.4, 0.5) is 0 Å². The van der Waals surface area contributed by atoms with E-state index in [-0.39, 0.29) is 11.0 Å². The summed E-state index contributed by atoms with van der Waals surface area (Å²) in [6.07, 6.45) is -0.132. The van der Waals surface area contributed by atoms with E-state index in [4.69, 9.17) is 13.9 Å². The molecule has 1 saturated heterocycles. The van der Waals surface area contributed by atoms with Crippen LogP contribution in [0.2, 0.25) is 0 Å². The van der Waals surface area contributed by atoms with Gasteiger partial charge in [0.1, 0.15) is 0 Å². The van der Waals surface area contributed by atoms with E-state index in [0.29, 0.717) is 38.6 Å². The van der Waals surface area contributed by atoms with Gasteiger partial charge in [-0.3, -0.25) is 0 Å². The maximum atomic E-state index is 12.5. The third kappa shape index (κ3) is 3.21. The van der Waals surface area contributed by atoms with E-state index < -0.39 is 15.8 Å². The number of morpholine rings is 1. The topological polar surface area (TPSA) is 104 Å². The second kappa shape index (κ2) is 6.75. The minimum absolute atomic E-state index is 0.132. The fourth-order valence-electron chi connectivity index (χ4n) is 2.30. The molecule has 130 valence electrons. The summed E-state index contributed by atoms with van der Waals surface area (Å²) >= 11 is 0. The Morgan fingerprint density at radius 1 is 1.21 bits per heavy atom. The number of rotatable bonds is 5. The minimum atomic E-state index is -3.58. The molecule has 0 radical (unpaired) electrons. The zero-order chi connectivity index (χ0) is 17.2. The van der Waals surface area contributed by atoms with Crippen molar-refractivity contribution in [2.45, 2.75) is 11.8 Å². The predicted molar refractivity (Wildman–Crippen MR) is 82.8 cm³/mol. The van der Waals surface area contributed by atoms with Gasteiger partial charge in [-0.15, -0.1) is 0 Å². The van der Waals surface area contributed by atoms with E-state index in [1.165, 1.54) is 28.6 Å². The molecule has 0 unspecified atom stereocenters. The molecule has 1 aliphatic rings. The molecule has 0 saturated carbocycles. The van der Waals surface area contributed by atoms with Crippen LogP contribution < -0.4 is 10.5 Å². The predicted octanol–water partition coefficient (Wildman–Crippen LogP) is 0.245. The lowest BCUT2D eigenvalue weighted by atomic mass is 10.3. The Bertz CT molecular complexity index is 849. The summed E-state index contributed by atoms with van der Waals surface area (Å²) in [6.45, 7) is 3.47. The van der Waals surface area contributed by atoms with Gasteiger partial charge in [0.05, 0.1) is 30.4 Å². The minimum Gasteiger partial charge on any atom is -0.449 e. The van der Waals surface area contributed by atoms with Crippen LogP contribution >= 0.6 is 0 Å². The fourth-order valence-corrected chi connectivity index (χ4v) is 3.71. The smallest absolute Gasteiger partial charge is 0.444 e. The Kier molecular flexibility index (Phi) is 4.69. The fraction of sp³-hybridized carbons (Fsp3) is 0.429. The van der Waals surface area contributed by atoms with Crippen molar-refractivity contribution in [1.82, 2.24) is 14.1 Å². The Hall–Kier alpha value is -2.17. The summed E-state index contributed by atoms with van der Waals surface area (Å²) in [4.78, 5) is 11.9. The second-order valence-electron chi connectivity index (χ2n) is 4.99. The van der Waals surface area contributed by atoms with Crippen LogP contribution in [-0.4, -0.2) is 55.4 Å². The highest BCUT2D eigenvalue weighted by molar-refractivity contribution is 7.89. The lowest BCUT2D eigenvalue weighted by Gasteiger charge is -2.26. The van der Waals surface area contributed by atoms with Crippen molar-refractivity contribution in [1.29, 1.82) is 0 Å². The van der Waals surface area contributed by atoms with Crippen LogP contribution in [0, 0.1) is 0 Å². The van der Waals surface area contributed by atoms with E-state index in [9.17, 15) is 13.2 Å². The zero-order valence-electron chi connectivity index (χ0n) is 13.0. The quantitative estimate of drug-likeness (QED) is 0.757. The van der Waals surface area contributed by atoms with Gasteiger partial charge in [0.15, 0.2) is 0 Å². The summed E-state index contributed by atoms with van der Waals surface area (Å²) in [5.41, 5.74) is 0.385. The highest BCUT2D eigenvalue weighted by atomic mass is 32.2. The summed E-state index contributed by atoms with van der Waals surface area (Å²) < 4.78 is 42.5. The molecule has 1 fully saturated rings. The zero-order valence-corrected chi connectivity index (χ0v) is 13.9. The molecule has 3 rings (SSSR count). The molecule has 0 bridgehead atoms. The van der Waals surface area contributed by atoms with Crippen molar-refractivity contribution >= 4 is 10.0 Å². The number of sulfonamides is 1. The molecule has 1 aliphatic heterocycles. The van der Waals surface area contributed by atoms with Gasteiger partial charge >= 0.3 is 11.8 Å². The van der Waals surface area contributed by atoms with Crippen molar-refractivity contribution < 1.29 is 22.3 Å². The van der Waals surface area contributed by atoms with Crippen molar-refractivity contribution in [2.75, 3.05) is 32.9 Å². The maximum Gasteiger partial charge on any atom is 0.444 e. The summed E-state index contributed by atoms with van der Waals surface area (Å²) in [5.74, 6) is -0.706. The molecule has 2 heterocycles. The number of hydrogen-bond donors (Lipinski definition) is 0. The number of hydrogen-bond acceptors (Lipinski definition) is 7. The van der Waals surface area contributed by atoms with Gasteiger partial charge in [-0.05, 0) is 31.2 Å². The van der Waals surface area contributed by atoms with Gasteiger partial charge in [0.2, 0.25) is 10.0 Å². The first-order valence-electron chi connectivity index (χ1n) is 7.43. The lowest BCUT2D eigenvalue weighted by Crippen LogP contribution is -2.40. The summed E-state index contributed by atoms with van der Waals surface area (Å²) in [5, 5.41) is 3.89. The van der Waals surface area contributed by atoms with Crippen molar-refractivity contribution in [3.05, 3.63) is 34.8 Å². The van der Waals surface area contributed by atoms with Gasteiger partial charge < -0.3 is 13.9 Å². The molecular weight excluding hydrogens is 338 g/mol. The Labute approximate surface area is 138 Å². The molecule has 0 N–H and O–H groups in total. The molecule has 0 amide bonds. The molecule has 24 heavy (non-hydrogen) atoms. The molecule has 0 atom stereocenters. The van der Waals surface area contributed by atoms with Crippen LogP contribution in [-0.2, 0) is 14.8 Å². The van der Waals surface area contributed by atoms with E-state index in [0.717, 1.165) is 4.68 Å². The number of benzene rings is 1. The van der Waals surface area contributed by atoms with Crippen molar-refractivity contribution in [2.24, 2.45) is 0 Å². The first-order chi connectivity index (χ1) is 11.5. The Morgan fingerprint density at radius 3 is 2.50 bits per heavy atom. The largest absolute Gasteiger partial charge is 0.449 e. The van der Waals surface area contributed by atoms with Crippen LogP contribution in [0.5, 0.6) is 6.08 Å². The Morgan fingerprint density at radius 2 is 1.88 bits per heavy atom. The molecule has 10 heteroatoms. The number of nitrogens with zero attached hydrogens (tertiary/aromatic N) is 3. The molecule has 2 aromatic rings. The van der Waals surface area contributed by atoms with Crippen LogP contribution in [0.1, 0.15) is 6.92 Å². The van der Waals surface area contributed by atoms with Gasteiger partial charge in [-0.25, -0.2) is 13.2 Å². The third-order valence-electron chi connectivity index (χ3n) is 3.49. The molecule has 9 nitrogen and oxygen atoms in total. The normalized spacial score (nSPS) is 16.2. The summed E-state index contributed by atoms with van der Waals surface area (Å²) in [7, 11) is -3.58. The van der Waals surface area contributed by atoms with Crippen LogP contribution in [0.3, 0.4) is 0 Å². The van der Waals surface area contributed by atoms with E-state index in [1.807, 2.05) is 0 Å². The highest BCUT2D eigenvalue weighted by Gasteiger charge is 2.26. The molecule has 0 aliphatic carbocycles. The van der Waals surface area contributed by atoms with E-state index in [1.54, 1.807) is 6.92 Å². The first kappa shape index (κ1) is 16.7. The highest BCUT2D eigenvalue weighted by Crippen LogP contribution is 2.19. The van der Waals surface area contributed by atoms with E-state index in [2.05, 4.69) is 5.10 Å². The van der Waals surface area contributed by atoms with Gasteiger partial charge in [-0.1, -0.05) is 5.10 Å². The monoisotopic (exact) mass is 355 g/mol. The maximum absolute atomic E-state index is 12.5. The second-order valence-corrected chi connectivity index (χ2v) is 6.93. The van der Waals surface area contributed by atoms with Crippen LogP contribution in [0.25, 0.3) is 5.69 Å². The number of ether oxygens (including phenoxy) is 2. The average Bonchev–Trinajstić information content (AvgIpc) is 2.96. The van der Waals surface area contributed by atoms with Crippen LogP contribution in [0.15, 0.2) is 38.4 Å². The SMILES string of the molecule is CCOc1nn(-c2ccc(S(=O)(=O)N3CCOCC3)cc2)c(=O)o1. The standard InChI is InChI=1S/C14H17N3O6S/c1-2-22-13-15-17(14(18)23-13)11-3-5-12(6-4-11)24(19,20)16-7-9-21-10-8-16/h3-6H,2,7-10H2,1H3. The van der Waals surface area contributed by atoms with Gasteiger partial charge in [-0.2, -0.15) is 8.99 Å². The lowest BCUT2D eigenvalue weighted by molar-refractivity contribution is 0.0730.